The molecular weight excluding hydrogens is 714 g/mol. The van der Waals surface area contributed by atoms with Crippen molar-refractivity contribution in [3.05, 3.63) is 12.3 Å². The van der Waals surface area contributed by atoms with Crippen molar-refractivity contribution in [2.75, 3.05) is 0 Å². The third-order valence-corrected chi connectivity index (χ3v) is 4.21. The third kappa shape index (κ3) is 15.3. The first-order valence-electron chi connectivity index (χ1n) is 6.84. The number of fused-ring (bicyclic) bond motifs is 1. The zero-order valence-electron chi connectivity index (χ0n) is 18.0. The molecule has 2 rings (SSSR count). The largest absolute Gasteiger partial charge is 2.00 e. The molecule has 4 atom stereocenters. The Labute approximate surface area is 205 Å². The van der Waals surface area contributed by atoms with Gasteiger partial charge in [-0.1, -0.05) is 0 Å². The molecule has 214 valence electrons. The summed E-state index contributed by atoms with van der Waals surface area (Å²) in [5, 5.41) is 0. The van der Waals surface area contributed by atoms with Crippen LogP contribution in [0.5, 0.6) is 0 Å². The molecule has 0 spiro atoms. The van der Waals surface area contributed by atoms with Gasteiger partial charge >= 0.3 is 30.8 Å². The van der Waals surface area contributed by atoms with Gasteiger partial charge in [-0.15, -0.1) is 0 Å². The van der Waals surface area contributed by atoms with Gasteiger partial charge in [-0.25, -0.2) is 16.8 Å². The molecule has 0 radical (unpaired) electrons. The van der Waals surface area contributed by atoms with Gasteiger partial charge in [-0.2, -0.15) is 26.3 Å². The van der Waals surface area contributed by atoms with Gasteiger partial charge < -0.3 is 54.1 Å². The minimum atomic E-state index is -6.09. The van der Waals surface area contributed by atoms with Gasteiger partial charge in [-0.3, -0.25) is 0 Å². The van der Waals surface area contributed by atoms with Gasteiger partial charge in [-0.05, 0) is 19.9 Å². The number of alkyl halides is 6. The number of halogens is 6. The van der Waals surface area contributed by atoms with Crippen molar-refractivity contribution in [1.82, 2.24) is 30.8 Å². The first-order chi connectivity index (χ1) is 12.1. The molecule has 2 aliphatic heterocycles. The maximum absolute atomic E-state index is 10.7. The van der Waals surface area contributed by atoms with Crippen molar-refractivity contribution in [3.63, 3.8) is 0 Å². The summed E-state index contributed by atoms with van der Waals surface area (Å²) >= 11 is 0. The van der Waals surface area contributed by atoms with Crippen LogP contribution in [0.15, 0.2) is 12.3 Å². The van der Waals surface area contributed by atoms with Gasteiger partial charge in [0.2, 0.25) is 5.79 Å². The Morgan fingerprint density at radius 2 is 1.12 bits per heavy atom. The van der Waals surface area contributed by atoms with Crippen LogP contribution in [0.1, 0.15) is 20.8 Å². The van der Waals surface area contributed by atoms with Crippen LogP contribution < -0.4 is 30.8 Å². The van der Waals surface area contributed by atoms with Crippen molar-refractivity contribution in [3.8, 4) is 0 Å². The number of ether oxygens (including phenoxy) is 3. The van der Waals surface area contributed by atoms with Crippen molar-refractivity contribution >= 4 is 20.2 Å². The molecule has 0 bridgehead atoms. The van der Waals surface area contributed by atoms with Crippen molar-refractivity contribution in [1.29, 1.82) is 0 Å². The maximum atomic E-state index is 10.7. The molecule has 0 aromatic carbocycles. The molecule has 23 heteroatoms. The summed E-state index contributed by atoms with van der Waals surface area (Å²) in [5.41, 5.74) is -11.3. The molecule has 2 heterocycles. The predicted molar refractivity (Wildman–Crippen MR) is 99.8 cm³/mol. The molecule has 1 fully saturated rings. The minimum absolute atomic E-state index is 0. The Morgan fingerprint density at radius 3 is 1.38 bits per heavy atom. The molecule has 14 nitrogen and oxygen atoms in total. The van der Waals surface area contributed by atoms with Crippen LogP contribution >= 0.6 is 0 Å². The van der Waals surface area contributed by atoms with Gasteiger partial charge in [0.25, 0.3) is 0 Å². The van der Waals surface area contributed by atoms with Gasteiger partial charge in [0.15, 0.2) is 26.5 Å². The van der Waals surface area contributed by atoms with E-state index in [1.54, 1.807) is 6.26 Å². The van der Waals surface area contributed by atoms with E-state index < -0.39 is 37.0 Å². The van der Waals surface area contributed by atoms with Crippen LogP contribution in [-0.4, -0.2) is 55.1 Å². The smallest absolute Gasteiger partial charge is 0.741 e. The molecule has 1 saturated heterocycles. The second kappa shape index (κ2) is 16.9. The van der Waals surface area contributed by atoms with Crippen LogP contribution in [-0.2, 0) is 54.2 Å². The van der Waals surface area contributed by atoms with Crippen molar-refractivity contribution in [2.45, 2.75) is 50.0 Å². The summed E-state index contributed by atoms with van der Waals surface area (Å²) in [7, 11) is -12.2. The van der Waals surface area contributed by atoms with Crippen LogP contribution in [0.2, 0.25) is 0 Å². The number of rotatable bonds is 0. The SMILES string of the molecule is CC1OC(C)C2C=COC2(C)O1.N.N.N.N.N.O=S(=O)([O-])C(F)(F)F.O=S(=O)([O-])C(F)(F)F.[Os+2]. The summed E-state index contributed by atoms with van der Waals surface area (Å²) in [6.45, 7) is 5.88. The average Bonchev–Trinajstić information content (AvgIpc) is 2.76. The standard InChI is InChI=1S/C9H14O3.2CHF3O3S.5H3N.Os/c1-6-8-4-5-10-9(8,3)12-7(2)11-6;2*2-1(3,4)8(5,6)7;;;;;;/h4-8H,1-3H3;2*(H,5,6,7);5*1H3;/q;;;;;;;;+2/p-2. The molecule has 0 amide bonds. The second-order valence-corrected chi connectivity index (χ2v) is 8.06. The summed E-state index contributed by atoms with van der Waals surface area (Å²) in [6, 6.07) is 0. The van der Waals surface area contributed by atoms with E-state index in [0.717, 1.165) is 0 Å². The van der Waals surface area contributed by atoms with Gasteiger partial charge in [0, 0.05) is 6.92 Å². The van der Waals surface area contributed by atoms with Crippen LogP contribution in [0, 0.1) is 5.92 Å². The fraction of sp³-hybridized carbons (Fsp3) is 0.818. The Morgan fingerprint density at radius 1 is 0.824 bits per heavy atom. The Bertz CT molecular complexity index is 743. The summed E-state index contributed by atoms with van der Waals surface area (Å²) in [6.07, 6.45) is 3.68. The van der Waals surface area contributed by atoms with Crippen molar-refractivity contribution < 1.29 is 86.3 Å². The van der Waals surface area contributed by atoms with E-state index in [9.17, 15) is 26.3 Å². The third-order valence-electron chi connectivity index (χ3n) is 3.07. The fourth-order valence-electron chi connectivity index (χ4n) is 1.95. The summed E-state index contributed by atoms with van der Waals surface area (Å²) in [4.78, 5) is 0. The van der Waals surface area contributed by atoms with Crippen LogP contribution in [0.25, 0.3) is 0 Å². The van der Waals surface area contributed by atoms with E-state index in [2.05, 4.69) is 0 Å². The van der Waals surface area contributed by atoms with E-state index in [1.165, 1.54) is 0 Å². The van der Waals surface area contributed by atoms with E-state index in [1.807, 2.05) is 26.8 Å². The predicted octanol–water partition coefficient (Wildman–Crippen LogP) is 2.55. The van der Waals surface area contributed by atoms with Crippen LogP contribution in [0.3, 0.4) is 0 Å². The Kier molecular flexibility index (Phi) is 24.9. The van der Waals surface area contributed by atoms with Gasteiger partial charge in [0.1, 0.15) is 0 Å². The Balaban J connectivity index is -0.0000000610. The maximum Gasteiger partial charge on any atom is 2.00 e. The number of hydrogen-bond donors (Lipinski definition) is 5. The zero-order chi connectivity index (χ0) is 22.8. The number of hydrogen-bond acceptors (Lipinski definition) is 14. The first kappa shape index (κ1) is 50.2. The van der Waals surface area contributed by atoms with E-state index in [4.69, 9.17) is 40.2 Å². The van der Waals surface area contributed by atoms with E-state index in [-0.39, 0.29) is 68.9 Å². The molecule has 0 aliphatic carbocycles. The molecule has 0 saturated carbocycles. The molecular formula is C11H29F6N5O9OsS2. The van der Waals surface area contributed by atoms with Crippen LogP contribution in [0.4, 0.5) is 26.3 Å². The summed E-state index contributed by atoms with van der Waals surface area (Å²) in [5.74, 6) is -0.287. The molecule has 2 aliphatic rings. The molecule has 0 aromatic rings. The summed E-state index contributed by atoms with van der Waals surface area (Å²) < 4.78 is 134. The minimum Gasteiger partial charge on any atom is -0.741 e. The first-order valence-corrected chi connectivity index (χ1v) is 9.65. The monoisotopic (exact) mass is 745 g/mol. The van der Waals surface area contributed by atoms with Crippen molar-refractivity contribution in [2.24, 2.45) is 5.92 Å². The molecule has 34 heavy (non-hydrogen) atoms. The fourth-order valence-corrected chi connectivity index (χ4v) is 1.95. The molecule has 4 unspecified atom stereocenters. The second-order valence-electron chi connectivity index (χ2n) is 5.31. The average molecular weight is 744 g/mol. The normalized spacial score (nSPS) is 24.9. The molecule has 0 aromatic heterocycles. The van der Waals surface area contributed by atoms with Gasteiger partial charge in [0.05, 0.1) is 18.3 Å². The Hall–Kier alpha value is -0.704. The topological polar surface area (TPSA) is 317 Å². The molecule has 15 N–H and O–H groups in total. The van der Waals surface area contributed by atoms with E-state index >= 15 is 0 Å². The van der Waals surface area contributed by atoms with E-state index in [0.29, 0.717) is 0 Å². The zero-order valence-corrected chi connectivity index (χ0v) is 22.2. The quantitative estimate of drug-likeness (QED) is 0.135.